The molecule has 0 amide bonds. The Morgan fingerprint density at radius 1 is 0.600 bits per heavy atom. The topological polar surface area (TPSA) is 28.7 Å². The van der Waals surface area contributed by atoms with Crippen molar-refractivity contribution in [2.75, 3.05) is 0 Å². The summed E-state index contributed by atoms with van der Waals surface area (Å²) in [6.07, 6.45) is 26.6. The van der Waals surface area contributed by atoms with Crippen LogP contribution in [0.3, 0.4) is 0 Å². The summed E-state index contributed by atoms with van der Waals surface area (Å²) in [7, 11) is 0. The summed E-state index contributed by atoms with van der Waals surface area (Å²) in [5.41, 5.74) is 1.35. The molecule has 25 heavy (non-hydrogen) atoms. The van der Waals surface area contributed by atoms with E-state index in [4.69, 9.17) is 0 Å². The monoisotopic (exact) mass is 348 g/mol. The van der Waals surface area contributed by atoms with Gasteiger partial charge in [0.1, 0.15) is 5.82 Å². The molecule has 146 valence electrons. The molecule has 2 nitrogen and oxygen atoms in total. The van der Waals surface area contributed by atoms with Crippen LogP contribution in [0.4, 0.5) is 0 Å². The average molecular weight is 349 g/mol. The fourth-order valence-corrected chi connectivity index (χ4v) is 3.54. The van der Waals surface area contributed by atoms with Gasteiger partial charge in [-0.15, -0.1) is 0 Å². The molecule has 0 aliphatic heterocycles. The highest BCUT2D eigenvalue weighted by Crippen LogP contribution is 2.12. The lowest BCUT2D eigenvalue weighted by Gasteiger charge is -2.01. The molecule has 1 heterocycles. The van der Waals surface area contributed by atoms with Gasteiger partial charge in [-0.05, 0) is 19.3 Å². The van der Waals surface area contributed by atoms with Gasteiger partial charge >= 0.3 is 0 Å². The molecular weight excluding hydrogens is 304 g/mol. The van der Waals surface area contributed by atoms with Crippen LogP contribution in [0.1, 0.15) is 128 Å². The van der Waals surface area contributed by atoms with Crippen LogP contribution in [0.15, 0.2) is 6.20 Å². The number of nitrogens with zero attached hydrogens (tertiary/aromatic N) is 1. The van der Waals surface area contributed by atoms with Crippen LogP contribution in [0.2, 0.25) is 0 Å². The zero-order valence-corrected chi connectivity index (χ0v) is 17.3. The van der Waals surface area contributed by atoms with Crippen molar-refractivity contribution in [2.24, 2.45) is 0 Å². The number of rotatable bonds is 18. The minimum Gasteiger partial charge on any atom is -0.346 e. The highest BCUT2D eigenvalue weighted by molar-refractivity contribution is 5.01. The minimum atomic E-state index is 1.13. The summed E-state index contributed by atoms with van der Waals surface area (Å²) in [5, 5.41) is 0. The molecule has 1 aromatic heterocycles. The smallest absolute Gasteiger partial charge is 0.106 e. The van der Waals surface area contributed by atoms with E-state index < -0.39 is 0 Å². The molecule has 0 saturated heterocycles. The Bertz CT molecular complexity index is 349. The van der Waals surface area contributed by atoms with Gasteiger partial charge in [-0.3, -0.25) is 0 Å². The predicted molar refractivity (Wildman–Crippen MR) is 111 cm³/mol. The Labute approximate surface area is 157 Å². The maximum atomic E-state index is 4.57. The fraction of sp³-hybridized carbons (Fsp3) is 0.870. The van der Waals surface area contributed by atoms with Crippen molar-refractivity contribution in [2.45, 2.75) is 129 Å². The van der Waals surface area contributed by atoms with Crippen LogP contribution in [0.25, 0.3) is 0 Å². The Morgan fingerprint density at radius 3 is 1.56 bits per heavy atom. The third kappa shape index (κ3) is 13.1. The van der Waals surface area contributed by atoms with Crippen molar-refractivity contribution in [1.82, 2.24) is 9.97 Å². The van der Waals surface area contributed by atoms with Crippen LogP contribution in [-0.4, -0.2) is 9.97 Å². The second-order valence-electron chi connectivity index (χ2n) is 7.80. The van der Waals surface area contributed by atoms with Crippen molar-refractivity contribution >= 4 is 0 Å². The quantitative estimate of drug-likeness (QED) is 0.270. The average Bonchev–Trinajstić information content (AvgIpc) is 3.07. The van der Waals surface area contributed by atoms with Crippen molar-refractivity contribution < 1.29 is 0 Å². The summed E-state index contributed by atoms with van der Waals surface area (Å²) >= 11 is 0. The number of hydrogen-bond acceptors (Lipinski definition) is 1. The minimum absolute atomic E-state index is 1.13. The Balaban J connectivity index is 1.93. The van der Waals surface area contributed by atoms with E-state index in [1.807, 2.05) is 0 Å². The molecule has 0 atom stereocenters. The number of H-pyrrole nitrogens is 1. The lowest BCUT2D eigenvalue weighted by atomic mass is 10.1. The van der Waals surface area contributed by atoms with Crippen molar-refractivity contribution in [1.29, 1.82) is 0 Å². The molecule has 1 N–H and O–H groups in total. The first-order chi connectivity index (χ1) is 12.4. The number of aromatic amines is 1. The molecule has 0 fully saturated rings. The standard InChI is InChI=1S/C23H44N2/c1-3-5-7-9-11-13-15-17-19-22-21-24-23(25-22)20-18-16-14-12-10-8-6-4-2/h21H,3-20H2,1-2H3,(H,24,25). The number of nitrogens with one attached hydrogen (secondary N) is 1. The first-order valence-corrected chi connectivity index (χ1v) is 11.4. The van der Waals surface area contributed by atoms with Gasteiger partial charge in [0.15, 0.2) is 0 Å². The van der Waals surface area contributed by atoms with E-state index in [2.05, 4.69) is 30.0 Å². The van der Waals surface area contributed by atoms with Gasteiger partial charge in [0, 0.05) is 18.3 Å². The van der Waals surface area contributed by atoms with Gasteiger partial charge < -0.3 is 4.98 Å². The summed E-state index contributed by atoms with van der Waals surface area (Å²) in [6, 6.07) is 0. The van der Waals surface area contributed by atoms with Crippen molar-refractivity contribution in [3.63, 3.8) is 0 Å². The SMILES string of the molecule is CCCCCCCCCCc1cnc(CCCCCCCCCC)[nH]1. The van der Waals surface area contributed by atoms with Gasteiger partial charge in [-0.1, -0.05) is 104 Å². The fourth-order valence-electron chi connectivity index (χ4n) is 3.54. The molecule has 0 spiro atoms. The largest absolute Gasteiger partial charge is 0.346 e. The maximum Gasteiger partial charge on any atom is 0.106 e. The van der Waals surface area contributed by atoms with Gasteiger partial charge in [-0.2, -0.15) is 0 Å². The maximum absolute atomic E-state index is 4.57. The summed E-state index contributed by atoms with van der Waals surface area (Å²) < 4.78 is 0. The molecule has 0 radical (unpaired) electrons. The lowest BCUT2D eigenvalue weighted by molar-refractivity contribution is 0.571. The summed E-state index contributed by atoms with van der Waals surface area (Å²) in [5.74, 6) is 1.21. The number of unbranched alkanes of at least 4 members (excludes halogenated alkanes) is 14. The summed E-state index contributed by atoms with van der Waals surface area (Å²) in [4.78, 5) is 8.11. The Morgan fingerprint density at radius 2 is 1.04 bits per heavy atom. The molecule has 1 aromatic rings. The van der Waals surface area contributed by atoms with E-state index in [-0.39, 0.29) is 0 Å². The molecule has 0 aliphatic rings. The molecule has 0 saturated carbocycles. The highest BCUT2D eigenvalue weighted by atomic mass is 14.9. The Kier molecular flexibility index (Phi) is 14.8. The first-order valence-electron chi connectivity index (χ1n) is 11.4. The van der Waals surface area contributed by atoms with Crippen molar-refractivity contribution in [3.05, 3.63) is 17.7 Å². The number of imidazole rings is 1. The van der Waals surface area contributed by atoms with Crippen molar-refractivity contribution in [3.8, 4) is 0 Å². The summed E-state index contributed by atoms with van der Waals surface area (Å²) in [6.45, 7) is 4.57. The van der Waals surface area contributed by atoms with E-state index in [0.717, 1.165) is 6.42 Å². The molecule has 1 rings (SSSR count). The Hall–Kier alpha value is -0.790. The normalized spacial score (nSPS) is 11.3. The molecule has 0 bridgehead atoms. The number of aromatic nitrogens is 2. The number of hydrogen-bond donors (Lipinski definition) is 1. The van der Waals surface area contributed by atoms with Crippen LogP contribution in [-0.2, 0) is 12.8 Å². The highest BCUT2D eigenvalue weighted by Gasteiger charge is 2.01. The van der Waals surface area contributed by atoms with Gasteiger partial charge in [0.2, 0.25) is 0 Å². The van der Waals surface area contributed by atoms with Gasteiger partial charge in [-0.25, -0.2) is 4.98 Å². The van der Waals surface area contributed by atoms with Crippen LogP contribution in [0, 0.1) is 0 Å². The van der Waals surface area contributed by atoms with Crippen LogP contribution >= 0.6 is 0 Å². The van der Waals surface area contributed by atoms with E-state index in [1.54, 1.807) is 0 Å². The molecule has 0 aromatic carbocycles. The van der Waals surface area contributed by atoms with E-state index in [1.165, 1.54) is 121 Å². The van der Waals surface area contributed by atoms with Gasteiger partial charge in [0.05, 0.1) is 0 Å². The second kappa shape index (κ2) is 16.7. The molecule has 0 aliphatic carbocycles. The molecular formula is C23H44N2. The van der Waals surface area contributed by atoms with Gasteiger partial charge in [0.25, 0.3) is 0 Å². The van der Waals surface area contributed by atoms with E-state index >= 15 is 0 Å². The van der Waals surface area contributed by atoms with Crippen LogP contribution < -0.4 is 0 Å². The zero-order valence-electron chi connectivity index (χ0n) is 17.3. The number of aryl methyl sites for hydroxylation is 2. The molecule has 0 unspecified atom stereocenters. The predicted octanol–water partition coefficient (Wildman–Crippen LogP) is 7.78. The van der Waals surface area contributed by atoms with E-state index in [9.17, 15) is 0 Å². The van der Waals surface area contributed by atoms with Crippen LogP contribution in [0.5, 0.6) is 0 Å². The molecule has 2 heteroatoms. The first kappa shape index (κ1) is 22.3. The third-order valence-corrected chi connectivity index (χ3v) is 5.25. The second-order valence-corrected chi connectivity index (χ2v) is 7.80. The van der Waals surface area contributed by atoms with E-state index in [0.29, 0.717) is 0 Å². The lowest BCUT2D eigenvalue weighted by Crippen LogP contribution is -1.91. The zero-order chi connectivity index (χ0) is 18.0. The third-order valence-electron chi connectivity index (χ3n) is 5.25.